The molecule has 0 saturated carbocycles. The van der Waals surface area contributed by atoms with Gasteiger partial charge >= 0.3 is 11.7 Å². The molecule has 0 fully saturated rings. The summed E-state index contributed by atoms with van der Waals surface area (Å²) in [5.41, 5.74) is -3.53. The van der Waals surface area contributed by atoms with Crippen LogP contribution in [0, 0.1) is 21.4 Å². The predicted molar refractivity (Wildman–Crippen MR) is 51.9 cm³/mol. The predicted octanol–water partition coefficient (Wildman–Crippen LogP) is 1.59. The van der Waals surface area contributed by atoms with E-state index < -0.39 is 39.8 Å². The van der Waals surface area contributed by atoms with Crippen molar-refractivity contribution in [2.45, 2.75) is 6.43 Å². The standard InChI is InChI=1S/C9H5F2N3O4/c1-18-9(15)6-4(2-12)7(8(10)11)13-3-5(6)14(16)17/h3,8H,1H3. The molecule has 0 aliphatic rings. The molecule has 7 nitrogen and oxygen atoms in total. The molecule has 1 heterocycles. The lowest BCUT2D eigenvalue weighted by Gasteiger charge is -2.06. The van der Waals surface area contributed by atoms with Gasteiger partial charge in [0.15, 0.2) is 5.56 Å². The number of nitro groups is 1. The Hall–Kier alpha value is -2.63. The topological polar surface area (TPSA) is 106 Å². The fraction of sp³-hybridized carbons (Fsp3) is 0.222. The normalized spacial score (nSPS) is 9.94. The molecule has 0 radical (unpaired) electrons. The van der Waals surface area contributed by atoms with E-state index in [2.05, 4.69) is 9.72 Å². The minimum Gasteiger partial charge on any atom is -0.465 e. The molecule has 0 atom stereocenters. The van der Waals surface area contributed by atoms with Gasteiger partial charge in [0.25, 0.3) is 6.43 Å². The van der Waals surface area contributed by atoms with Crippen LogP contribution in [0.2, 0.25) is 0 Å². The lowest BCUT2D eigenvalue weighted by Crippen LogP contribution is -2.12. The number of carbonyl (C=O) groups excluding carboxylic acids is 1. The van der Waals surface area contributed by atoms with Crippen LogP contribution in [0.1, 0.15) is 28.0 Å². The highest BCUT2D eigenvalue weighted by Crippen LogP contribution is 2.29. The largest absolute Gasteiger partial charge is 0.465 e. The number of hydrogen-bond donors (Lipinski definition) is 0. The van der Waals surface area contributed by atoms with E-state index in [1.165, 1.54) is 6.07 Å². The molecule has 0 spiro atoms. The Bertz CT molecular complexity index is 553. The van der Waals surface area contributed by atoms with Crippen LogP contribution in [-0.4, -0.2) is 23.0 Å². The van der Waals surface area contributed by atoms with Gasteiger partial charge in [-0.05, 0) is 0 Å². The van der Waals surface area contributed by atoms with Gasteiger partial charge in [0.05, 0.1) is 12.0 Å². The van der Waals surface area contributed by atoms with E-state index in [0.29, 0.717) is 6.20 Å². The summed E-state index contributed by atoms with van der Waals surface area (Å²) in [7, 11) is 0.912. The molecule has 0 bridgehead atoms. The number of nitriles is 1. The Labute approximate surface area is 98.8 Å². The summed E-state index contributed by atoms with van der Waals surface area (Å²) in [6.07, 6.45) is -2.64. The van der Waals surface area contributed by atoms with Crippen LogP contribution < -0.4 is 0 Å². The van der Waals surface area contributed by atoms with Gasteiger partial charge in [0.2, 0.25) is 0 Å². The summed E-state index contributed by atoms with van der Waals surface area (Å²) >= 11 is 0. The summed E-state index contributed by atoms with van der Waals surface area (Å²) in [5, 5.41) is 19.4. The summed E-state index contributed by atoms with van der Waals surface area (Å²) < 4.78 is 29.4. The summed E-state index contributed by atoms with van der Waals surface area (Å²) in [5.74, 6) is -1.25. The van der Waals surface area contributed by atoms with Crippen molar-refractivity contribution in [1.29, 1.82) is 5.26 Å². The van der Waals surface area contributed by atoms with E-state index in [9.17, 15) is 23.7 Å². The van der Waals surface area contributed by atoms with Crippen LogP contribution in [0.25, 0.3) is 0 Å². The Morgan fingerprint density at radius 2 is 2.28 bits per heavy atom. The average Bonchev–Trinajstić information content (AvgIpc) is 2.35. The first kappa shape index (κ1) is 13.4. The minimum atomic E-state index is -3.14. The molecule has 1 rings (SSSR count). The number of hydrogen-bond acceptors (Lipinski definition) is 6. The van der Waals surface area contributed by atoms with Crippen LogP contribution in [0.15, 0.2) is 6.20 Å². The van der Waals surface area contributed by atoms with Gasteiger partial charge in [-0.1, -0.05) is 0 Å². The van der Waals surface area contributed by atoms with Crippen LogP contribution in [0.5, 0.6) is 0 Å². The van der Waals surface area contributed by atoms with Gasteiger partial charge in [0, 0.05) is 0 Å². The molecule has 1 aromatic rings. The van der Waals surface area contributed by atoms with Crippen molar-refractivity contribution in [1.82, 2.24) is 4.98 Å². The maximum atomic E-state index is 12.6. The maximum Gasteiger partial charge on any atom is 0.346 e. The molecule has 0 aromatic carbocycles. The molecule has 0 unspecified atom stereocenters. The van der Waals surface area contributed by atoms with E-state index in [1.54, 1.807) is 0 Å². The van der Waals surface area contributed by atoms with Crippen molar-refractivity contribution in [2.75, 3.05) is 7.11 Å². The van der Waals surface area contributed by atoms with Crippen molar-refractivity contribution in [3.8, 4) is 6.07 Å². The SMILES string of the molecule is COC(=O)c1c([N+](=O)[O-])cnc(C(F)F)c1C#N. The average molecular weight is 257 g/mol. The summed E-state index contributed by atoms with van der Waals surface area (Å²) in [4.78, 5) is 24.1. The second-order valence-corrected chi connectivity index (χ2v) is 2.94. The molecule has 94 valence electrons. The molecule has 0 saturated heterocycles. The fourth-order valence-corrected chi connectivity index (χ4v) is 1.24. The van der Waals surface area contributed by atoms with Crippen LogP contribution in [0.4, 0.5) is 14.5 Å². The summed E-state index contributed by atoms with van der Waals surface area (Å²) in [6.45, 7) is 0. The number of methoxy groups -OCH3 is 1. The Balaban J connectivity index is 3.68. The first-order valence-corrected chi connectivity index (χ1v) is 4.37. The fourth-order valence-electron chi connectivity index (χ4n) is 1.24. The Morgan fingerprint density at radius 1 is 1.67 bits per heavy atom. The highest BCUT2D eigenvalue weighted by Gasteiger charge is 2.31. The number of nitrogens with zero attached hydrogens (tertiary/aromatic N) is 3. The van der Waals surface area contributed by atoms with Crippen molar-refractivity contribution in [3.63, 3.8) is 0 Å². The van der Waals surface area contributed by atoms with Crippen LogP contribution >= 0.6 is 0 Å². The molecule has 0 amide bonds. The van der Waals surface area contributed by atoms with E-state index >= 15 is 0 Å². The Kier molecular flexibility index (Phi) is 3.83. The second kappa shape index (κ2) is 5.13. The van der Waals surface area contributed by atoms with Crippen LogP contribution in [-0.2, 0) is 4.74 Å². The zero-order chi connectivity index (χ0) is 13.9. The molecule has 0 aliphatic carbocycles. The number of carbonyl (C=O) groups is 1. The third-order valence-corrected chi connectivity index (χ3v) is 1.99. The number of alkyl halides is 2. The highest BCUT2D eigenvalue weighted by molar-refractivity contribution is 5.96. The van der Waals surface area contributed by atoms with Crippen molar-refractivity contribution < 1.29 is 23.2 Å². The molecule has 18 heavy (non-hydrogen) atoms. The van der Waals surface area contributed by atoms with Gasteiger partial charge in [-0.2, -0.15) is 5.26 Å². The molecular weight excluding hydrogens is 252 g/mol. The van der Waals surface area contributed by atoms with Crippen molar-refractivity contribution >= 4 is 11.7 Å². The highest BCUT2D eigenvalue weighted by atomic mass is 19.3. The van der Waals surface area contributed by atoms with Gasteiger partial charge in [-0.25, -0.2) is 18.6 Å². The van der Waals surface area contributed by atoms with Gasteiger partial charge in [0.1, 0.15) is 23.5 Å². The maximum absolute atomic E-state index is 12.6. The first-order chi connectivity index (χ1) is 8.43. The third-order valence-electron chi connectivity index (χ3n) is 1.99. The lowest BCUT2D eigenvalue weighted by atomic mass is 10.1. The smallest absolute Gasteiger partial charge is 0.346 e. The zero-order valence-corrected chi connectivity index (χ0v) is 8.89. The van der Waals surface area contributed by atoms with E-state index in [-0.39, 0.29) is 0 Å². The quantitative estimate of drug-likeness (QED) is 0.462. The number of rotatable bonds is 3. The second-order valence-electron chi connectivity index (χ2n) is 2.94. The van der Waals surface area contributed by atoms with Gasteiger partial charge < -0.3 is 4.74 Å². The van der Waals surface area contributed by atoms with E-state index in [1.807, 2.05) is 0 Å². The van der Waals surface area contributed by atoms with Crippen LogP contribution in [0.3, 0.4) is 0 Å². The van der Waals surface area contributed by atoms with Crippen molar-refractivity contribution in [2.24, 2.45) is 0 Å². The molecular formula is C9H5F2N3O4. The molecule has 1 aromatic heterocycles. The summed E-state index contributed by atoms with van der Waals surface area (Å²) in [6, 6.07) is 1.31. The zero-order valence-electron chi connectivity index (χ0n) is 8.89. The molecule has 0 N–H and O–H groups in total. The minimum absolute atomic E-state index is 0.495. The molecule has 0 aliphatic heterocycles. The van der Waals surface area contributed by atoms with Gasteiger partial charge in [-0.3, -0.25) is 10.1 Å². The van der Waals surface area contributed by atoms with Gasteiger partial charge in [-0.15, -0.1) is 0 Å². The number of esters is 1. The number of ether oxygens (including phenoxy) is 1. The number of aromatic nitrogens is 1. The van der Waals surface area contributed by atoms with Crippen molar-refractivity contribution in [3.05, 3.63) is 33.1 Å². The van der Waals surface area contributed by atoms with E-state index in [0.717, 1.165) is 7.11 Å². The Morgan fingerprint density at radius 3 is 2.67 bits per heavy atom. The number of halogens is 2. The number of pyridine rings is 1. The lowest BCUT2D eigenvalue weighted by molar-refractivity contribution is -0.385. The third kappa shape index (κ3) is 2.22. The first-order valence-electron chi connectivity index (χ1n) is 4.37. The van der Waals surface area contributed by atoms with E-state index in [4.69, 9.17) is 5.26 Å². The monoisotopic (exact) mass is 257 g/mol. The molecule has 9 heteroatoms.